The van der Waals surface area contributed by atoms with E-state index >= 15 is 0 Å². The number of rotatable bonds is 6. The fourth-order valence-corrected chi connectivity index (χ4v) is 3.49. The third-order valence-corrected chi connectivity index (χ3v) is 5.07. The van der Waals surface area contributed by atoms with Gasteiger partial charge in [0.15, 0.2) is 0 Å². The predicted octanol–water partition coefficient (Wildman–Crippen LogP) is 3.78. The fraction of sp³-hybridized carbons (Fsp3) is 0.391. The lowest BCUT2D eigenvalue weighted by atomic mass is 10.0. The number of halogens is 2. The molecule has 0 radical (unpaired) electrons. The Morgan fingerprint density at radius 3 is 2.87 bits per heavy atom. The van der Waals surface area contributed by atoms with Crippen molar-refractivity contribution in [2.45, 2.75) is 38.7 Å². The lowest BCUT2D eigenvalue weighted by molar-refractivity contribution is -0.131. The number of nitrogens with zero attached hydrogens (tertiary/aromatic N) is 3. The minimum absolute atomic E-state index is 0.334. The lowest BCUT2D eigenvalue weighted by Crippen LogP contribution is -2.43. The number of carbonyl (C=O) groups excluding carboxylic acids is 2. The Bertz CT molecular complexity index is 1060. The van der Waals surface area contributed by atoms with Crippen LogP contribution in [0.1, 0.15) is 42.6 Å². The molecule has 0 spiro atoms. The summed E-state index contributed by atoms with van der Waals surface area (Å²) in [5.41, 5.74) is 1.88. The first-order chi connectivity index (χ1) is 14.7. The topological polar surface area (TPSA) is 86.1 Å². The molecule has 0 bridgehead atoms. The average Bonchev–Trinajstić information content (AvgIpc) is 3.05. The molecule has 1 aliphatic rings. The minimum Gasteiger partial charge on any atom is -0.343 e. The largest absolute Gasteiger partial charge is 0.343 e. The second kappa shape index (κ2) is 9.21. The molecule has 2 heterocycles. The van der Waals surface area contributed by atoms with Crippen LogP contribution in [0.3, 0.4) is 0 Å². The summed E-state index contributed by atoms with van der Waals surface area (Å²) in [5.74, 6) is -3.79. The van der Waals surface area contributed by atoms with Gasteiger partial charge in [-0.1, -0.05) is 32.1 Å². The van der Waals surface area contributed by atoms with E-state index in [1.165, 1.54) is 6.20 Å². The van der Waals surface area contributed by atoms with Crippen molar-refractivity contribution in [1.82, 2.24) is 15.2 Å². The van der Waals surface area contributed by atoms with Crippen LogP contribution in [0.4, 0.5) is 8.78 Å². The Kier molecular flexibility index (Phi) is 6.64. The fourth-order valence-electron chi connectivity index (χ4n) is 3.49. The maximum absolute atomic E-state index is 13.6. The van der Waals surface area contributed by atoms with Crippen molar-refractivity contribution in [2.24, 2.45) is 5.92 Å². The quantitative estimate of drug-likeness (QED) is 0.762. The van der Waals surface area contributed by atoms with Crippen molar-refractivity contribution in [2.75, 3.05) is 13.1 Å². The van der Waals surface area contributed by atoms with Crippen LogP contribution in [0.5, 0.6) is 0 Å². The van der Waals surface area contributed by atoms with Crippen molar-refractivity contribution < 1.29 is 18.4 Å². The molecular formula is C23H24F2N4O2. The monoisotopic (exact) mass is 426 g/mol. The van der Waals surface area contributed by atoms with E-state index in [0.29, 0.717) is 22.4 Å². The smallest absolute Gasteiger partial charge is 0.268 e. The van der Waals surface area contributed by atoms with Crippen LogP contribution in [0.25, 0.3) is 17.0 Å². The van der Waals surface area contributed by atoms with Crippen LogP contribution in [0.15, 0.2) is 36.5 Å². The van der Waals surface area contributed by atoms with Crippen molar-refractivity contribution in [3.05, 3.63) is 47.7 Å². The van der Waals surface area contributed by atoms with E-state index < -0.39 is 43.3 Å². The normalized spacial score (nSPS) is 17.9. The number of hydrogen-bond acceptors (Lipinski definition) is 4. The third kappa shape index (κ3) is 5.43. The van der Waals surface area contributed by atoms with Gasteiger partial charge in [0.2, 0.25) is 5.91 Å². The van der Waals surface area contributed by atoms with Gasteiger partial charge in [-0.3, -0.25) is 14.6 Å². The molecule has 8 heteroatoms. The molecule has 1 saturated heterocycles. The summed E-state index contributed by atoms with van der Waals surface area (Å²) < 4.78 is 27.1. The average molecular weight is 426 g/mol. The molecule has 162 valence electrons. The molecule has 1 atom stereocenters. The number of alkyl halides is 2. The number of nitriles is 1. The molecular weight excluding hydrogens is 402 g/mol. The van der Waals surface area contributed by atoms with Gasteiger partial charge in [-0.2, -0.15) is 5.26 Å². The summed E-state index contributed by atoms with van der Waals surface area (Å²) in [6.45, 7) is 2.97. The first kappa shape index (κ1) is 22.3. The Balaban J connectivity index is 1.74. The van der Waals surface area contributed by atoms with Gasteiger partial charge in [-0.05, 0) is 36.1 Å². The van der Waals surface area contributed by atoms with Crippen molar-refractivity contribution in [3.63, 3.8) is 0 Å². The summed E-state index contributed by atoms with van der Waals surface area (Å²) in [7, 11) is 0. The van der Waals surface area contributed by atoms with Gasteiger partial charge in [0.1, 0.15) is 6.04 Å². The number of pyridine rings is 1. The van der Waals surface area contributed by atoms with Gasteiger partial charge in [0.25, 0.3) is 11.8 Å². The molecule has 0 unspecified atom stereocenters. The van der Waals surface area contributed by atoms with E-state index in [1.807, 2.05) is 24.3 Å². The van der Waals surface area contributed by atoms with Gasteiger partial charge in [0.05, 0.1) is 30.2 Å². The van der Waals surface area contributed by atoms with Crippen LogP contribution in [-0.4, -0.2) is 46.8 Å². The highest BCUT2D eigenvalue weighted by atomic mass is 19.3. The Morgan fingerprint density at radius 2 is 2.16 bits per heavy atom. The van der Waals surface area contributed by atoms with Crippen LogP contribution in [0, 0.1) is 17.2 Å². The zero-order chi connectivity index (χ0) is 22.6. The van der Waals surface area contributed by atoms with E-state index in [1.54, 1.807) is 12.1 Å². The summed E-state index contributed by atoms with van der Waals surface area (Å²) in [4.78, 5) is 30.2. The SMILES string of the molecule is CC(C)C/C=C/c1ccc2nccc(C(=O)NCC(=O)N3CC(F)(F)C[C@H]3C#N)c2c1. The highest BCUT2D eigenvalue weighted by Gasteiger charge is 2.47. The van der Waals surface area contributed by atoms with E-state index in [-0.39, 0.29) is 0 Å². The molecule has 31 heavy (non-hydrogen) atoms. The highest BCUT2D eigenvalue weighted by molar-refractivity contribution is 6.07. The molecule has 0 aliphatic carbocycles. The third-order valence-electron chi connectivity index (χ3n) is 5.07. The van der Waals surface area contributed by atoms with Crippen molar-refractivity contribution in [1.29, 1.82) is 5.26 Å². The lowest BCUT2D eigenvalue weighted by Gasteiger charge is -2.19. The maximum Gasteiger partial charge on any atom is 0.268 e. The number of amides is 2. The Morgan fingerprint density at radius 1 is 1.39 bits per heavy atom. The number of hydrogen-bond donors (Lipinski definition) is 1. The molecule has 1 N–H and O–H groups in total. The second-order valence-electron chi connectivity index (χ2n) is 8.08. The van der Waals surface area contributed by atoms with Crippen LogP contribution >= 0.6 is 0 Å². The minimum atomic E-state index is -3.10. The van der Waals surface area contributed by atoms with E-state index in [4.69, 9.17) is 5.26 Å². The van der Waals surface area contributed by atoms with Gasteiger partial charge in [-0.25, -0.2) is 8.78 Å². The summed E-state index contributed by atoms with van der Waals surface area (Å²) in [5, 5.41) is 12.1. The standard InChI is InChI=1S/C23H24F2N4O2/c1-15(2)4-3-5-16-6-7-20-19(10-16)18(8-9-27-20)22(31)28-13-21(30)29-14-23(24,25)11-17(29)12-26/h3,5-10,15,17H,4,11,13-14H2,1-2H3,(H,28,31)/b5-3+/t17-/m0/s1. The summed E-state index contributed by atoms with van der Waals surface area (Å²) in [6, 6.07) is 7.65. The Labute approximate surface area is 179 Å². The van der Waals surface area contributed by atoms with E-state index in [0.717, 1.165) is 16.9 Å². The first-order valence-electron chi connectivity index (χ1n) is 10.1. The van der Waals surface area contributed by atoms with Crippen LogP contribution in [-0.2, 0) is 4.79 Å². The predicted molar refractivity (Wildman–Crippen MR) is 113 cm³/mol. The number of benzene rings is 1. The molecule has 1 aliphatic heterocycles. The number of allylic oxidation sites excluding steroid dienone is 1. The van der Waals surface area contributed by atoms with Gasteiger partial charge < -0.3 is 10.2 Å². The number of fused-ring (bicyclic) bond motifs is 1. The van der Waals surface area contributed by atoms with Crippen LogP contribution in [0.2, 0.25) is 0 Å². The van der Waals surface area contributed by atoms with Crippen molar-refractivity contribution >= 4 is 28.8 Å². The maximum atomic E-state index is 13.6. The zero-order valence-electron chi connectivity index (χ0n) is 17.4. The van der Waals surface area contributed by atoms with E-state index in [9.17, 15) is 18.4 Å². The second-order valence-corrected chi connectivity index (χ2v) is 8.08. The highest BCUT2D eigenvalue weighted by Crippen LogP contribution is 2.31. The number of likely N-dealkylation sites (tertiary alicyclic amines) is 1. The molecule has 0 saturated carbocycles. The van der Waals surface area contributed by atoms with E-state index in [2.05, 4.69) is 30.2 Å². The number of carbonyl (C=O) groups is 2. The first-order valence-corrected chi connectivity index (χ1v) is 10.1. The molecule has 2 aromatic rings. The Hall–Kier alpha value is -3.34. The summed E-state index contributed by atoms with van der Waals surface area (Å²) >= 11 is 0. The zero-order valence-corrected chi connectivity index (χ0v) is 17.4. The molecule has 2 amide bonds. The molecule has 3 rings (SSSR count). The van der Waals surface area contributed by atoms with Gasteiger partial charge in [-0.15, -0.1) is 0 Å². The van der Waals surface area contributed by atoms with Crippen LogP contribution < -0.4 is 5.32 Å². The summed E-state index contributed by atoms with van der Waals surface area (Å²) in [6.07, 6.45) is 5.79. The van der Waals surface area contributed by atoms with Crippen molar-refractivity contribution in [3.8, 4) is 6.07 Å². The molecule has 1 aromatic heterocycles. The molecule has 1 aromatic carbocycles. The number of nitrogens with one attached hydrogen (secondary N) is 1. The molecule has 6 nitrogen and oxygen atoms in total. The van der Waals surface area contributed by atoms with Gasteiger partial charge >= 0.3 is 0 Å². The van der Waals surface area contributed by atoms with Gasteiger partial charge in [0, 0.05) is 18.0 Å². The number of aromatic nitrogens is 1. The molecule has 1 fully saturated rings.